The van der Waals surface area contributed by atoms with Crippen LogP contribution in [-0.2, 0) is 26.0 Å². The third-order valence-electron chi connectivity index (χ3n) is 4.78. The summed E-state index contributed by atoms with van der Waals surface area (Å²) < 4.78 is 28.2. The standard InChI is InChI=1S/C20H24N4O5S/c1-13-3-6-18(29-2)16(9-13)23-19(25)11-22-20(26)12-24-8-7-14-10-15(30(21,27)28)4-5-17(14)24/h3-6,9-10H,7-8,11-12H2,1-2H3,(H,22,26)(H,23,25)(H2,21,27,28). The van der Waals surface area contributed by atoms with Crippen molar-refractivity contribution in [3.05, 3.63) is 47.5 Å². The summed E-state index contributed by atoms with van der Waals surface area (Å²) in [6.07, 6.45) is 0.611. The number of carbonyl (C=O) groups excluding carboxylic acids is 2. The zero-order chi connectivity index (χ0) is 21.9. The van der Waals surface area contributed by atoms with E-state index in [0.29, 0.717) is 24.4 Å². The third kappa shape index (κ3) is 5.08. The van der Waals surface area contributed by atoms with Crippen LogP contribution in [0.3, 0.4) is 0 Å². The highest BCUT2D eigenvalue weighted by atomic mass is 32.2. The average molecular weight is 433 g/mol. The fourth-order valence-corrected chi connectivity index (χ4v) is 3.87. The largest absolute Gasteiger partial charge is 0.495 e. The van der Waals surface area contributed by atoms with Gasteiger partial charge >= 0.3 is 0 Å². The van der Waals surface area contributed by atoms with Crippen molar-refractivity contribution in [1.29, 1.82) is 0 Å². The van der Waals surface area contributed by atoms with Gasteiger partial charge in [0.15, 0.2) is 0 Å². The Morgan fingerprint density at radius 2 is 1.93 bits per heavy atom. The van der Waals surface area contributed by atoms with Crippen molar-refractivity contribution in [2.24, 2.45) is 5.14 Å². The molecular formula is C20H24N4O5S. The van der Waals surface area contributed by atoms with Gasteiger partial charge in [0.2, 0.25) is 21.8 Å². The first-order valence-electron chi connectivity index (χ1n) is 9.29. The Bertz CT molecular complexity index is 1080. The fraction of sp³-hybridized carbons (Fsp3) is 0.300. The highest BCUT2D eigenvalue weighted by Crippen LogP contribution is 2.29. The van der Waals surface area contributed by atoms with Gasteiger partial charge in [0, 0.05) is 12.2 Å². The fourth-order valence-electron chi connectivity index (χ4n) is 3.31. The average Bonchev–Trinajstić information content (AvgIpc) is 3.08. The number of hydrogen-bond donors (Lipinski definition) is 3. The molecule has 9 nitrogen and oxygen atoms in total. The van der Waals surface area contributed by atoms with Crippen molar-refractivity contribution in [2.75, 3.05) is 37.0 Å². The van der Waals surface area contributed by atoms with Gasteiger partial charge in [0.1, 0.15) is 5.75 Å². The smallest absolute Gasteiger partial charge is 0.243 e. The molecule has 0 atom stereocenters. The Kier molecular flexibility index (Phi) is 6.28. The topological polar surface area (TPSA) is 131 Å². The highest BCUT2D eigenvalue weighted by molar-refractivity contribution is 7.89. The van der Waals surface area contributed by atoms with E-state index in [2.05, 4.69) is 10.6 Å². The summed E-state index contributed by atoms with van der Waals surface area (Å²) in [5.74, 6) is -0.149. The number of nitrogens with one attached hydrogen (secondary N) is 2. The number of aryl methyl sites for hydroxylation is 1. The Morgan fingerprint density at radius 1 is 1.17 bits per heavy atom. The van der Waals surface area contributed by atoms with Crippen LogP contribution < -0.4 is 25.4 Å². The number of ether oxygens (including phenoxy) is 1. The van der Waals surface area contributed by atoms with Gasteiger partial charge in [-0.25, -0.2) is 13.6 Å². The SMILES string of the molecule is COc1ccc(C)cc1NC(=O)CNC(=O)CN1CCc2cc(S(N)(=O)=O)ccc21. The normalized spacial score (nSPS) is 13.0. The van der Waals surface area contributed by atoms with E-state index >= 15 is 0 Å². The predicted octanol–water partition coefficient (Wildman–Crippen LogP) is 0.768. The van der Waals surface area contributed by atoms with Gasteiger partial charge in [0.05, 0.1) is 30.8 Å². The van der Waals surface area contributed by atoms with E-state index in [1.165, 1.54) is 19.2 Å². The molecule has 0 bridgehead atoms. The molecule has 30 heavy (non-hydrogen) atoms. The van der Waals surface area contributed by atoms with Crippen molar-refractivity contribution >= 4 is 33.2 Å². The van der Waals surface area contributed by atoms with E-state index < -0.39 is 10.0 Å². The lowest BCUT2D eigenvalue weighted by Crippen LogP contribution is -2.40. The summed E-state index contributed by atoms with van der Waals surface area (Å²) in [5, 5.41) is 10.5. The molecule has 3 rings (SSSR count). The van der Waals surface area contributed by atoms with Crippen molar-refractivity contribution in [3.63, 3.8) is 0 Å². The molecule has 2 aromatic carbocycles. The number of carbonyl (C=O) groups is 2. The van der Waals surface area contributed by atoms with E-state index in [4.69, 9.17) is 9.88 Å². The molecule has 0 aromatic heterocycles. The molecular weight excluding hydrogens is 408 g/mol. The van der Waals surface area contributed by atoms with Crippen LogP contribution in [-0.4, -0.2) is 47.0 Å². The molecule has 0 fully saturated rings. The molecule has 0 radical (unpaired) electrons. The summed E-state index contributed by atoms with van der Waals surface area (Å²) in [7, 11) is -2.25. The highest BCUT2D eigenvalue weighted by Gasteiger charge is 2.23. The number of primary sulfonamides is 1. The van der Waals surface area contributed by atoms with Crippen LogP contribution in [0.5, 0.6) is 5.75 Å². The van der Waals surface area contributed by atoms with Gasteiger partial charge in [-0.05, 0) is 54.8 Å². The van der Waals surface area contributed by atoms with Gasteiger partial charge in [-0.15, -0.1) is 0 Å². The number of fused-ring (bicyclic) bond motifs is 1. The lowest BCUT2D eigenvalue weighted by atomic mass is 10.2. The molecule has 1 heterocycles. The van der Waals surface area contributed by atoms with E-state index in [1.54, 1.807) is 18.2 Å². The second kappa shape index (κ2) is 8.72. The van der Waals surface area contributed by atoms with Crippen LogP contribution in [0.25, 0.3) is 0 Å². The molecule has 10 heteroatoms. The molecule has 0 unspecified atom stereocenters. The van der Waals surface area contributed by atoms with Crippen molar-refractivity contribution in [1.82, 2.24) is 5.32 Å². The number of benzene rings is 2. The van der Waals surface area contributed by atoms with Crippen LogP contribution in [0.1, 0.15) is 11.1 Å². The molecule has 1 aliphatic rings. The third-order valence-corrected chi connectivity index (χ3v) is 5.69. The summed E-state index contributed by atoms with van der Waals surface area (Å²) in [4.78, 5) is 26.4. The maximum atomic E-state index is 12.3. The van der Waals surface area contributed by atoms with Crippen molar-refractivity contribution in [3.8, 4) is 5.75 Å². The second-order valence-electron chi connectivity index (χ2n) is 7.04. The Morgan fingerprint density at radius 3 is 2.63 bits per heavy atom. The van der Waals surface area contributed by atoms with Crippen molar-refractivity contribution in [2.45, 2.75) is 18.2 Å². The minimum absolute atomic E-state index is 0.0517. The summed E-state index contributed by atoms with van der Waals surface area (Å²) in [6, 6.07) is 10.0. The lowest BCUT2D eigenvalue weighted by molar-refractivity contribution is -0.123. The molecule has 0 saturated carbocycles. The van der Waals surface area contributed by atoms with Gasteiger partial charge in [-0.2, -0.15) is 0 Å². The number of amides is 2. The van der Waals surface area contributed by atoms with Crippen LogP contribution >= 0.6 is 0 Å². The lowest BCUT2D eigenvalue weighted by Gasteiger charge is -2.19. The Balaban J connectivity index is 1.55. The summed E-state index contributed by atoms with van der Waals surface area (Å²) in [6.45, 7) is 2.35. The van der Waals surface area contributed by atoms with Gasteiger partial charge in [-0.3, -0.25) is 9.59 Å². The van der Waals surface area contributed by atoms with Gasteiger partial charge in [0.25, 0.3) is 0 Å². The maximum absolute atomic E-state index is 12.3. The molecule has 2 aromatic rings. The number of sulfonamides is 1. The molecule has 2 amide bonds. The van der Waals surface area contributed by atoms with Crippen LogP contribution in [0, 0.1) is 6.92 Å². The monoisotopic (exact) mass is 432 g/mol. The number of methoxy groups -OCH3 is 1. The quantitative estimate of drug-likeness (QED) is 0.592. The van der Waals surface area contributed by atoms with E-state index in [0.717, 1.165) is 16.8 Å². The zero-order valence-corrected chi connectivity index (χ0v) is 17.6. The molecule has 4 N–H and O–H groups in total. The first-order valence-corrected chi connectivity index (χ1v) is 10.8. The first-order chi connectivity index (χ1) is 14.2. The van der Waals surface area contributed by atoms with E-state index in [1.807, 2.05) is 17.9 Å². The minimum atomic E-state index is -3.77. The molecule has 0 aliphatic carbocycles. The van der Waals surface area contributed by atoms with Crippen LogP contribution in [0.4, 0.5) is 11.4 Å². The van der Waals surface area contributed by atoms with Gasteiger partial charge < -0.3 is 20.3 Å². The molecule has 1 aliphatic heterocycles. The molecule has 160 valence electrons. The second-order valence-corrected chi connectivity index (χ2v) is 8.60. The number of nitrogens with zero attached hydrogens (tertiary/aromatic N) is 1. The van der Waals surface area contributed by atoms with E-state index in [9.17, 15) is 18.0 Å². The Hall–Kier alpha value is -3.11. The number of rotatable bonds is 7. The molecule has 0 spiro atoms. The van der Waals surface area contributed by atoms with Crippen LogP contribution in [0.2, 0.25) is 0 Å². The van der Waals surface area contributed by atoms with Crippen LogP contribution in [0.15, 0.2) is 41.3 Å². The van der Waals surface area contributed by atoms with Crippen molar-refractivity contribution < 1.29 is 22.7 Å². The van der Waals surface area contributed by atoms with Gasteiger partial charge in [-0.1, -0.05) is 6.07 Å². The summed E-state index contributed by atoms with van der Waals surface area (Å²) >= 11 is 0. The van der Waals surface area contributed by atoms with E-state index in [-0.39, 0.29) is 29.8 Å². The minimum Gasteiger partial charge on any atom is -0.495 e. The molecule has 0 saturated heterocycles. The zero-order valence-electron chi connectivity index (χ0n) is 16.8. The maximum Gasteiger partial charge on any atom is 0.243 e. The number of hydrogen-bond acceptors (Lipinski definition) is 6. The Labute approximate surface area is 175 Å². The number of anilines is 2. The number of nitrogens with two attached hydrogens (primary N) is 1. The predicted molar refractivity (Wildman–Crippen MR) is 113 cm³/mol. The summed E-state index contributed by atoms with van der Waals surface area (Å²) in [5.41, 5.74) is 3.11. The first kappa shape index (κ1) is 21.6.